The van der Waals surface area contributed by atoms with Crippen molar-refractivity contribution in [1.29, 1.82) is 0 Å². The molecule has 0 heterocycles. The van der Waals surface area contributed by atoms with E-state index in [0.717, 1.165) is 38.5 Å². The molecule has 0 atom stereocenters. The molecule has 0 saturated heterocycles. The number of carbonyl (C=O) groups excluding carboxylic acids is 3. The van der Waals surface area contributed by atoms with Gasteiger partial charge in [-0.2, -0.15) is 0 Å². The normalized spacial score (nSPS) is 16.9. The van der Waals surface area contributed by atoms with E-state index in [4.69, 9.17) is 9.47 Å². The van der Waals surface area contributed by atoms with Crippen molar-refractivity contribution >= 4 is 17.7 Å². The first-order chi connectivity index (χ1) is 10.1. The van der Waals surface area contributed by atoms with Crippen molar-refractivity contribution in [2.45, 2.75) is 58.8 Å². The van der Waals surface area contributed by atoms with E-state index in [0.29, 0.717) is 0 Å². The molecule has 0 aromatic heterocycles. The Labute approximate surface area is 126 Å². The predicted octanol–water partition coefficient (Wildman–Crippen LogP) is 2.66. The van der Waals surface area contributed by atoms with Crippen LogP contribution in [0, 0.1) is 11.8 Å². The van der Waals surface area contributed by atoms with Crippen LogP contribution in [0.3, 0.4) is 0 Å². The molecule has 120 valence electrons. The van der Waals surface area contributed by atoms with Gasteiger partial charge in [0, 0.05) is 5.92 Å². The van der Waals surface area contributed by atoms with Gasteiger partial charge in [0.2, 0.25) is 5.92 Å². The Morgan fingerprint density at radius 3 is 1.71 bits per heavy atom. The van der Waals surface area contributed by atoms with Gasteiger partial charge in [-0.05, 0) is 26.7 Å². The molecular formula is C16H26O5. The van der Waals surface area contributed by atoms with Crippen LogP contribution in [0.5, 0.6) is 0 Å². The number of ketones is 1. The Morgan fingerprint density at radius 1 is 0.857 bits per heavy atom. The second kappa shape index (κ2) is 9.53. The molecule has 0 aromatic carbocycles. The van der Waals surface area contributed by atoms with Crippen LogP contribution < -0.4 is 0 Å². The summed E-state index contributed by atoms with van der Waals surface area (Å²) in [5, 5.41) is 0. The van der Waals surface area contributed by atoms with E-state index in [9.17, 15) is 14.4 Å². The Balaban J connectivity index is 2.81. The standard InChI is InChI=1S/C16H26O5/c1-3-20-15(18)13(16(19)21-4-2)14(17)12-10-8-6-5-7-9-11-12/h12-13H,3-11H2,1-2H3. The van der Waals surface area contributed by atoms with Crippen LogP contribution in [0.2, 0.25) is 0 Å². The second-order valence-electron chi connectivity index (χ2n) is 5.38. The SMILES string of the molecule is CCOC(=O)C(C(=O)OCC)C(=O)C1CCCCCCC1. The minimum atomic E-state index is -1.41. The first kappa shape index (κ1) is 17.7. The molecule has 0 unspecified atom stereocenters. The lowest BCUT2D eigenvalue weighted by Gasteiger charge is -2.22. The smallest absolute Gasteiger partial charge is 0.328 e. The fraction of sp³-hybridized carbons (Fsp3) is 0.812. The summed E-state index contributed by atoms with van der Waals surface area (Å²) >= 11 is 0. The van der Waals surface area contributed by atoms with E-state index in [1.54, 1.807) is 13.8 Å². The molecular weight excluding hydrogens is 272 g/mol. The van der Waals surface area contributed by atoms with E-state index in [2.05, 4.69) is 0 Å². The van der Waals surface area contributed by atoms with Gasteiger partial charge in [0.15, 0.2) is 5.78 Å². The number of rotatable bonds is 6. The first-order valence-electron chi connectivity index (χ1n) is 7.98. The van der Waals surface area contributed by atoms with Crippen molar-refractivity contribution in [1.82, 2.24) is 0 Å². The minimum Gasteiger partial charge on any atom is -0.465 e. The third-order valence-corrected chi connectivity index (χ3v) is 3.84. The lowest BCUT2D eigenvalue weighted by atomic mass is 9.83. The Bertz CT molecular complexity index is 338. The van der Waals surface area contributed by atoms with Gasteiger partial charge in [0.1, 0.15) is 0 Å². The van der Waals surface area contributed by atoms with Crippen LogP contribution in [0.25, 0.3) is 0 Å². The highest BCUT2D eigenvalue weighted by Crippen LogP contribution is 2.26. The molecule has 1 aliphatic rings. The predicted molar refractivity (Wildman–Crippen MR) is 77.6 cm³/mol. The average Bonchev–Trinajstić information content (AvgIpc) is 2.38. The monoisotopic (exact) mass is 298 g/mol. The van der Waals surface area contributed by atoms with Crippen molar-refractivity contribution < 1.29 is 23.9 Å². The first-order valence-corrected chi connectivity index (χ1v) is 7.98. The summed E-state index contributed by atoms with van der Waals surface area (Å²) in [6, 6.07) is 0. The Kier molecular flexibility index (Phi) is 8.01. The van der Waals surface area contributed by atoms with Gasteiger partial charge < -0.3 is 9.47 Å². The maximum absolute atomic E-state index is 12.6. The number of esters is 2. The summed E-state index contributed by atoms with van der Waals surface area (Å²) in [5.41, 5.74) is 0. The minimum absolute atomic E-state index is 0.146. The fourth-order valence-corrected chi connectivity index (χ4v) is 2.76. The quantitative estimate of drug-likeness (QED) is 0.557. The van der Waals surface area contributed by atoms with Crippen LogP contribution in [-0.2, 0) is 23.9 Å². The molecule has 5 nitrogen and oxygen atoms in total. The van der Waals surface area contributed by atoms with Gasteiger partial charge >= 0.3 is 11.9 Å². The van der Waals surface area contributed by atoms with Crippen molar-refractivity contribution in [3.05, 3.63) is 0 Å². The number of hydrogen-bond donors (Lipinski definition) is 0. The number of ether oxygens (including phenoxy) is 2. The molecule has 1 saturated carbocycles. The third kappa shape index (κ3) is 5.48. The number of Topliss-reactive ketones (excluding diaryl/α,β-unsaturated/α-hetero) is 1. The molecule has 0 N–H and O–H groups in total. The van der Waals surface area contributed by atoms with Gasteiger partial charge in [-0.25, -0.2) is 0 Å². The summed E-state index contributed by atoms with van der Waals surface area (Å²) < 4.78 is 9.76. The van der Waals surface area contributed by atoms with Crippen molar-refractivity contribution in [3.8, 4) is 0 Å². The van der Waals surface area contributed by atoms with Gasteiger partial charge in [0.25, 0.3) is 0 Å². The molecule has 0 bridgehead atoms. The summed E-state index contributed by atoms with van der Waals surface area (Å²) in [6.07, 6.45) is 6.83. The van der Waals surface area contributed by atoms with Crippen LogP contribution in [0.1, 0.15) is 58.8 Å². The molecule has 1 fully saturated rings. The summed E-state index contributed by atoms with van der Waals surface area (Å²) in [7, 11) is 0. The zero-order valence-electron chi connectivity index (χ0n) is 13.1. The molecule has 1 aliphatic carbocycles. The van der Waals surface area contributed by atoms with Crippen molar-refractivity contribution in [2.24, 2.45) is 11.8 Å². The maximum atomic E-state index is 12.6. The Morgan fingerprint density at radius 2 is 1.29 bits per heavy atom. The van der Waals surface area contributed by atoms with Crippen molar-refractivity contribution in [3.63, 3.8) is 0 Å². The maximum Gasteiger partial charge on any atom is 0.328 e. The number of hydrogen-bond acceptors (Lipinski definition) is 5. The van der Waals surface area contributed by atoms with E-state index in [1.165, 1.54) is 6.42 Å². The number of carbonyl (C=O) groups is 3. The molecule has 21 heavy (non-hydrogen) atoms. The van der Waals surface area contributed by atoms with Crippen LogP contribution >= 0.6 is 0 Å². The zero-order valence-corrected chi connectivity index (χ0v) is 13.1. The largest absolute Gasteiger partial charge is 0.465 e. The van der Waals surface area contributed by atoms with E-state index < -0.39 is 17.9 Å². The highest BCUT2D eigenvalue weighted by molar-refractivity contribution is 6.15. The molecule has 0 radical (unpaired) electrons. The van der Waals surface area contributed by atoms with Crippen LogP contribution in [0.4, 0.5) is 0 Å². The van der Waals surface area contributed by atoms with Gasteiger partial charge in [-0.1, -0.05) is 32.1 Å². The molecule has 0 aromatic rings. The zero-order chi connectivity index (χ0) is 15.7. The highest BCUT2D eigenvalue weighted by atomic mass is 16.6. The summed E-state index contributed by atoms with van der Waals surface area (Å²) in [4.78, 5) is 36.5. The fourth-order valence-electron chi connectivity index (χ4n) is 2.76. The second-order valence-corrected chi connectivity index (χ2v) is 5.38. The lowest BCUT2D eigenvalue weighted by Crippen LogP contribution is -2.38. The van der Waals surface area contributed by atoms with Gasteiger partial charge in [-0.3, -0.25) is 14.4 Å². The van der Waals surface area contributed by atoms with E-state index in [-0.39, 0.29) is 24.9 Å². The molecule has 0 amide bonds. The topological polar surface area (TPSA) is 69.7 Å². The van der Waals surface area contributed by atoms with Gasteiger partial charge in [0.05, 0.1) is 13.2 Å². The summed E-state index contributed by atoms with van der Waals surface area (Å²) in [5.74, 6) is -3.52. The molecule has 0 aliphatic heterocycles. The Hall–Kier alpha value is -1.39. The van der Waals surface area contributed by atoms with E-state index >= 15 is 0 Å². The summed E-state index contributed by atoms with van der Waals surface area (Å²) in [6.45, 7) is 3.60. The molecule has 5 heteroatoms. The van der Waals surface area contributed by atoms with Crippen LogP contribution in [-0.4, -0.2) is 30.9 Å². The molecule has 0 spiro atoms. The molecule has 1 rings (SSSR count). The van der Waals surface area contributed by atoms with Crippen molar-refractivity contribution in [2.75, 3.05) is 13.2 Å². The average molecular weight is 298 g/mol. The van der Waals surface area contributed by atoms with Crippen LogP contribution in [0.15, 0.2) is 0 Å². The lowest BCUT2D eigenvalue weighted by molar-refractivity contribution is -0.165. The van der Waals surface area contributed by atoms with Gasteiger partial charge in [-0.15, -0.1) is 0 Å². The third-order valence-electron chi connectivity index (χ3n) is 3.84. The highest BCUT2D eigenvalue weighted by Gasteiger charge is 2.40. The van der Waals surface area contributed by atoms with E-state index in [1.807, 2.05) is 0 Å².